The Balaban J connectivity index is 1.31. The molecule has 1 saturated heterocycles. The number of fused-ring (bicyclic) bond motifs is 1. The normalized spacial score (nSPS) is 22.3. The van der Waals surface area contributed by atoms with E-state index >= 15 is 0 Å². The van der Waals surface area contributed by atoms with Gasteiger partial charge in [0.15, 0.2) is 0 Å². The molecule has 35 heavy (non-hydrogen) atoms. The van der Waals surface area contributed by atoms with Crippen LogP contribution in [0.2, 0.25) is 0 Å². The zero-order valence-corrected chi connectivity index (χ0v) is 20.8. The summed E-state index contributed by atoms with van der Waals surface area (Å²) in [7, 11) is 0. The van der Waals surface area contributed by atoms with Gasteiger partial charge in [-0.15, -0.1) is 11.3 Å². The van der Waals surface area contributed by atoms with Crippen LogP contribution in [0.5, 0.6) is 5.75 Å². The number of halogens is 1. The summed E-state index contributed by atoms with van der Waals surface area (Å²) >= 11 is 1.70. The third-order valence-electron chi connectivity index (χ3n) is 7.43. The zero-order valence-electron chi connectivity index (χ0n) is 20.0. The number of carbonyl (C=O) groups excluding carboxylic acids is 2. The maximum Gasteiger partial charge on any atom is 0.242 e. The first-order chi connectivity index (χ1) is 17.1. The first-order valence-electron chi connectivity index (χ1n) is 12.7. The largest absolute Gasteiger partial charge is 0.491 e. The van der Waals surface area contributed by atoms with Crippen LogP contribution in [0, 0.1) is 11.7 Å². The first-order valence-corrected chi connectivity index (χ1v) is 13.6. The van der Waals surface area contributed by atoms with Crippen LogP contribution >= 0.6 is 11.3 Å². The van der Waals surface area contributed by atoms with Crippen LogP contribution in [0.1, 0.15) is 55.0 Å². The van der Waals surface area contributed by atoms with Gasteiger partial charge < -0.3 is 19.3 Å². The van der Waals surface area contributed by atoms with E-state index in [-0.39, 0.29) is 48.8 Å². The number of hydrogen-bond donors (Lipinski definition) is 0. The Labute approximate surface area is 210 Å². The van der Waals surface area contributed by atoms with E-state index in [2.05, 4.69) is 11.4 Å². The predicted octanol–water partition coefficient (Wildman–Crippen LogP) is 4.59. The third-order valence-corrected chi connectivity index (χ3v) is 8.42. The van der Waals surface area contributed by atoms with Crippen molar-refractivity contribution in [2.75, 3.05) is 32.8 Å². The monoisotopic (exact) mass is 500 g/mol. The number of rotatable bonds is 8. The van der Waals surface area contributed by atoms with Crippen LogP contribution in [0.25, 0.3) is 0 Å². The molecular weight excluding hydrogens is 467 g/mol. The maximum atomic E-state index is 13.7. The van der Waals surface area contributed by atoms with Gasteiger partial charge >= 0.3 is 0 Å². The van der Waals surface area contributed by atoms with Gasteiger partial charge in [-0.25, -0.2) is 4.39 Å². The van der Waals surface area contributed by atoms with Crippen molar-refractivity contribution in [3.8, 4) is 5.75 Å². The average molecular weight is 501 g/mol. The maximum absolute atomic E-state index is 13.7. The Bertz CT molecular complexity index is 1010. The van der Waals surface area contributed by atoms with Gasteiger partial charge in [0.05, 0.1) is 18.7 Å². The number of thiophene rings is 1. The highest BCUT2D eigenvalue weighted by atomic mass is 32.1. The lowest BCUT2D eigenvalue weighted by molar-refractivity contribution is -0.146. The molecule has 2 amide bonds. The quantitative estimate of drug-likeness (QED) is 0.532. The van der Waals surface area contributed by atoms with Crippen molar-refractivity contribution < 1.29 is 23.5 Å². The van der Waals surface area contributed by atoms with Gasteiger partial charge in [0.25, 0.3) is 0 Å². The Morgan fingerprint density at radius 1 is 1.11 bits per heavy atom. The molecular formula is C27H33FN2O4S. The summed E-state index contributed by atoms with van der Waals surface area (Å²) in [6.45, 7) is 2.15. The fraction of sp³-hybridized carbons (Fsp3) is 0.556. The molecule has 1 aromatic heterocycles. The van der Waals surface area contributed by atoms with Gasteiger partial charge in [-0.1, -0.05) is 12.8 Å². The minimum absolute atomic E-state index is 0.00981. The summed E-state index contributed by atoms with van der Waals surface area (Å²) in [6, 6.07) is 7.75. The minimum Gasteiger partial charge on any atom is -0.491 e. The number of nitrogens with zero attached hydrogens (tertiary/aromatic N) is 2. The van der Waals surface area contributed by atoms with Crippen LogP contribution in [0.15, 0.2) is 35.7 Å². The van der Waals surface area contributed by atoms with Crippen molar-refractivity contribution >= 4 is 23.2 Å². The lowest BCUT2D eigenvalue weighted by Crippen LogP contribution is -2.50. The molecule has 3 aliphatic rings. The zero-order chi connectivity index (χ0) is 24.2. The van der Waals surface area contributed by atoms with E-state index in [0.717, 1.165) is 57.1 Å². The highest BCUT2D eigenvalue weighted by Gasteiger charge is 2.36. The van der Waals surface area contributed by atoms with Gasteiger partial charge in [-0.3, -0.25) is 9.59 Å². The summed E-state index contributed by atoms with van der Waals surface area (Å²) in [5.74, 6) is 0.312. The molecule has 188 valence electrons. The molecule has 2 atom stereocenters. The van der Waals surface area contributed by atoms with Gasteiger partial charge in [0, 0.05) is 30.5 Å². The molecule has 0 bridgehead atoms. The van der Waals surface area contributed by atoms with Crippen molar-refractivity contribution in [3.63, 3.8) is 0 Å². The molecule has 1 aliphatic carbocycles. The lowest BCUT2D eigenvalue weighted by atomic mass is 10.00. The summed E-state index contributed by atoms with van der Waals surface area (Å²) in [5.41, 5.74) is 1.10. The highest BCUT2D eigenvalue weighted by Crippen LogP contribution is 2.34. The smallest absolute Gasteiger partial charge is 0.242 e. The van der Waals surface area contributed by atoms with E-state index in [9.17, 15) is 14.0 Å². The van der Waals surface area contributed by atoms with Crippen molar-refractivity contribution in [1.29, 1.82) is 0 Å². The van der Waals surface area contributed by atoms with Crippen LogP contribution in [0.4, 0.5) is 4.39 Å². The van der Waals surface area contributed by atoms with Crippen LogP contribution < -0.4 is 4.74 Å². The number of amides is 2. The second-order valence-corrected chi connectivity index (χ2v) is 10.8. The van der Waals surface area contributed by atoms with E-state index in [1.165, 1.54) is 17.0 Å². The Morgan fingerprint density at radius 2 is 1.91 bits per heavy atom. The van der Waals surface area contributed by atoms with Crippen LogP contribution in [0.3, 0.4) is 0 Å². The Morgan fingerprint density at radius 3 is 2.66 bits per heavy atom. The molecule has 2 aromatic rings. The molecule has 8 heteroatoms. The molecule has 0 spiro atoms. The van der Waals surface area contributed by atoms with E-state index in [0.29, 0.717) is 18.8 Å². The Kier molecular flexibility index (Phi) is 7.68. The van der Waals surface area contributed by atoms with Gasteiger partial charge in [-0.2, -0.15) is 0 Å². The van der Waals surface area contributed by atoms with Crippen LogP contribution in [-0.2, 0) is 20.7 Å². The van der Waals surface area contributed by atoms with Crippen molar-refractivity contribution in [2.45, 2.75) is 57.1 Å². The molecule has 0 N–H and O–H groups in total. The van der Waals surface area contributed by atoms with Crippen molar-refractivity contribution in [2.24, 2.45) is 5.92 Å². The third kappa shape index (κ3) is 5.70. The topological polar surface area (TPSA) is 59.1 Å². The highest BCUT2D eigenvalue weighted by molar-refractivity contribution is 7.10. The lowest BCUT2D eigenvalue weighted by Gasteiger charge is -2.37. The molecule has 0 unspecified atom stereocenters. The first kappa shape index (κ1) is 24.3. The summed E-state index contributed by atoms with van der Waals surface area (Å²) < 4.78 is 25.1. The van der Waals surface area contributed by atoms with E-state index in [1.54, 1.807) is 28.4 Å². The molecule has 5 rings (SSSR count). The molecule has 1 aromatic carbocycles. The van der Waals surface area contributed by atoms with Gasteiger partial charge in [0.2, 0.25) is 11.8 Å². The number of hydrogen-bond acceptors (Lipinski definition) is 5. The summed E-state index contributed by atoms with van der Waals surface area (Å²) in [4.78, 5) is 32.0. The molecule has 0 radical (unpaired) electrons. The molecule has 6 nitrogen and oxygen atoms in total. The molecule has 2 aliphatic heterocycles. The number of carbonyl (C=O) groups is 2. The van der Waals surface area contributed by atoms with E-state index in [4.69, 9.17) is 9.47 Å². The van der Waals surface area contributed by atoms with Gasteiger partial charge in [0.1, 0.15) is 18.2 Å². The fourth-order valence-corrected chi connectivity index (χ4v) is 6.46. The average Bonchev–Trinajstić information content (AvgIpc) is 3.65. The van der Waals surface area contributed by atoms with E-state index in [1.807, 2.05) is 4.90 Å². The second kappa shape index (κ2) is 11.1. The molecule has 3 heterocycles. The molecule has 1 saturated carbocycles. The number of benzene rings is 1. The fourth-order valence-electron chi connectivity index (χ4n) is 5.53. The number of ether oxygens (including phenoxy) is 2. The Hall–Kier alpha value is -2.45. The minimum atomic E-state index is -0.315. The predicted molar refractivity (Wildman–Crippen MR) is 132 cm³/mol. The van der Waals surface area contributed by atoms with Crippen LogP contribution in [-0.4, -0.2) is 60.6 Å². The SMILES string of the molecule is O=C(C1CCCC1)N(CC(=O)N1CCc2sccc2[C@H]1COc1ccc(F)cc1)C[C@H]1CCCO1. The molecule has 2 fully saturated rings. The van der Waals surface area contributed by atoms with Gasteiger partial charge in [-0.05, 0) is 73.4 Å². The standard InChI is InChI=1S/C27H33FN2O4S/c28-20-7-9-21(10-8-20)34-18-24-23-12-15-35-25(23)11-13-30(24)26(31)17-29(16-22-6-3-14-33-22)27(32)19-4-1-2-5-19/h7-10,12,15,19,22,24H,1-6,11,13-14,16-18H2/t22-,24-/m1/s1. The second-order valence-electron chi connectivity index (χ2n) is 9.75. The summed E-state index contributed by atoms with van der Waals surface area (Å²) in [6.07, 6.45) is 6.71. The van der Waals surface area contributed by atoms with E-state index < -0.39 is 0 Å². The van der Waals surface area contributed by atoms with Crippen molar-refractivity contribution in [3.05, 3.63) is 52.0 Å². The van der Waals surface area contributed by atoms with Crippen molar-refractivity contribution in [1.82, 2.24) is 9.80 Å². The summed E-state index contributed by atoms with van der Waals surface area (Å²) in [5, 5.41) is 2.05.